The molecule has 28 heavy (non-hydrogen) atoms. The lowest BCUT2D eigenvalue weighted by molar-refractivity contribution is 0.355. The molecule has 6 rings (SSSR count). The quantitative estimate of drug-likeness (QED) is 0.545. The van der Waals surface area contributed by atoms with E-state index in [4.69, 9.17) is 9.51 Å². The molecule has 2 aliphatic rings. The topological polar surface area (TPSA) is 85.8 Å². The van der Waals surface area contributed by atoms with Gasteiger partial charge in [0.05, 0.1) is 16.9 Å². The van der Waals surface area contributed by atoms with Crippen molar-refractivity contribution in [2.45, 2.75) is 25.2 Å². The third kappa shape index (κ3) is 2.18. The fourth-order valence-corrected chi connectivity index (χ4v) is 4.58. The first-order valence-corrected chi connectivity index (χ1v) is 9.57. The van der Waals surface area contributed by atoms with Crippen LogP contribution in [-0.4, -0.2) is 54.7 Å². The maximum absolute atomic E-state index is 5.62. The number of rotatable bonds is 3. The summed E-state index contributed by atoms with van der Waals surface area (Å²) in [7, 11) is 0. The van der Waals surface area contributed by atoms with E-state index in [0.29, 0.717) is 11.6 Å². The van der Waals surface area contributed by atoms with E-state index < -0.39 is 0 Å². The van der Waals surface area contributed by atoms with Gasteiger partial charge in [0.2, 0.25) is 0 Å². The Bertz CT molecular complexity index is 1180. The van der Waals surface area contributed by atoms with Gasteiger partial charge in [-0.25, -0.2) is 4.68 Å². The van der Waals surface area contributed by atoms with Crippen molar-refractivity contribution in [1.82, 2.24) is 35.0 Å². The molecule has 5 heterocycles. The highest BCUT2D eigenvalue weighted by molar-refractivity contribution is 5.87. The number of pyridine rings is 1. The molecule has 2 saturated heterocycles. The minimum Gasteiger partial charge on any atom is -0.332 e. The molecule has 1 aromatic carbocycles. The monoisotopic (exact) mass is 373 g/mol. The van der Waals surface area contributed by atoms with Gasteiger partial charge in [-0.3, -0.25) is 4.98 Å². The first-order valence-electron chi connectivity index (χ1n) is 9.57. The van der Waals surface area contributed by atoms with Crippen molar-refractivity contribution in [1.29, 1.82) is 0 Å². The Morgan fingerprint density at radius 1 is 1.11 bits per heavy atom. The van der Waals surface area contributed by atoms with E-state index in [0.717, 1.165) is 60.6 Å². The Hall–Kier alpha value is -3.13. The van der Waals surface area contributed by atoms with Gasteiger partial charge >= 0.3 is 0 Å². The summed E-state index contributed by atoms with van der Waals surface area (Å²) < 4.78 is 7.43. The molecule has 0 unspecified atom stereocenters. The lowest BCUT2D eigenvalue weighted by atomic mass is 9.84. The third-order valence-electron chi connectivity index (χ3n) is 6.19. The number of fused-ring (bicyclic) bond motifs is 3. The van der Waals surface area contributed by atoms with Crippen LogP contribution in [0.2, 0.25) is 0 Å². The number of benzene rings is 1. The fraction of sp³-hybridized carbons (Fsp3) is 0.350. The Morgan fingerprint density at radius 3 is 2.82 bits per heavy atom. The van der Waals surface area contributed by atoms with E-state index in [9.17, 15) is 0 Å². The lowest BCUT2D eigenvalue weighted by Crippen LogP contribution is -2.25. The second-order valence-corrected chi connectivity index (χ2v) is 7.76. The summed E-state index contributed by atoms with van der Waals surface area (Å²) in [4.78, 5) is 11.6. The van der Waals surface area contributed by atoms with Crippen LogP contribution in [0.5, 0.6) is 0 Å². The standard InChI is InChI=1S/C20H19N7O/c1-13-17(18-22-19(24-28-18)20-7-10-26(12-20)11-8-20)23-25-27(13)16-6-2-5-15-14(16)4-3-9-21-15/h2-6,9H,7-8,10-12H2,1H3. The van der Waals surface area contributed by atoms with Crippen LogP contribution in [0, 0.1) is 6.92 Å². The Kier molecular flexibility index (Phi) is 3.22. The van der Waals surface area contributed by atoms with Gasteiger partial charge in [0, 0.05) is 23.5 Å². The van der Waals surface area contributed by atoms with E-state index in [1.54, 1.807) is 6.20 Å². The highest BCUT2D eigenvalue weighted by Crippen LogP contribution is 2.42. The number of hydrogen-bond donors (Lipinski definition) is 0. The van der Waals surface area contributed by atoms with Gasteiger partial charge in [0.1, 0.15) is 0 Å². The first kappa shape index (κ1) is 15.9. The minimum atomic E-state index is 0.0486. The zero-order valence-electron chi connectivity index (χ0n) is 15.5. The molecular weight excluding hydrogens is 354 g/mol. The molecule has 0 saturated carbocycles. The Morgan fingerprint density at radius 2 is 2.00 bits per heavy atom. The molecule has 4 aromatic rings. The predicted molar refractivity (Wildman–Crippen MR) is 102 cm³/mol. The molecular formula is C20H19N7O. The average molecular weight is 373 g/mol. The summed E-state index contributed by atoms with van der Waals surface area (Å²) in [6.07, 6.45) is 3.99. The van der Waals surface area contributed by atoms with Crippen molar-refractivity contribution in [2.24, 2.45) is 0 Å². The molecule has 0 amide bonds. The zero-order chi connectivity index (χ0) is 18.7. The second kappa shape index (κ2) is 5.68. The van der Waals surface area contributed by atoms with E-state index >= 15 is 0 Å². The van der Waals surface area contributed by atoms with Gasteiger partial charge in [-0.05, 0) is 57.1 Å². The summed E-state index contributed by atoms with van der Waals surface area (Å²) in [6.45, 7) is 5.24. The van der Waals surface area contributed by atoms with Gasteiger partial charge in [0.15, 0.2) is 11.5 Å². The maximum atomic E-state index is 5.62. The van der Waals surface area contributed by atoms with Crippen molar-refractivity contribution in [2.75, 3.05) is 19.6 Å². The summed E-state index contributed by atoms with van der Waals surface area (Å²) >= 11 is 0. The van der Waals surface area contributed by atoms with Crippen LogP contribution >= 0.6 is 0 Å². The third-order valence-corrected chi connectivity index (χ3v) is 6.19. The number of piperidine rings is 1. The van der Waals surface area contributed by atoms with E-state index in [1.165, 1.54) is 0 Å². The van der Waals surface area contributed by atoms with E-state index in [1.807, 2.05) is 41.9 Å². The number of nitrogens with zero attached hydrogens (tertiary/aromatic N) is 7. The molecule has 140 valence electrons. The number of aromatic nitrogens is 6. The lowest BCUT2D eigenvalue weighted by Gasteiger charge is -2.20. The van der Waals surface area contributed by atoms with Crippen molar-refractivity contribution in [3.05, 3.63) is 48.0 Å². The van der Waals surface area contributed by atoms with E-state index in [-0.39, 0.29) is 5.41 Å². The van der Waals surface area contributed by atoms with Crippen LogP contribution in [0.4, 0.5) is 0 Å². The van der Waals surface area contributed by atoms with Crippen LogP contribution in [0.15, 0.2) is 41.1 Å². The Balaban J connectivity index is 1.42. The minimum absolute atomic E-state index is 0.0486. The molecule has 0 N–H and O–H groups in total. The van der Waals surface area contributed by atoms with Crippen molar-refractivity contribution < 1.29 is 4.52 Å². The molecule has 8 heteroatoms. The molecule has 0 aliphatic carbocycles. The summed E-state index contributed by atoms with van der Waals surface area (Å²) in [5.74, 6) is 1.25. The van der Waals surface area contributed by atoms with Gasteiger partial charge in [-0.1, -0.05) is 16.4 Å². The number of hydrogen-bond acceptors (Lipinski definition) is 7. The van der Waals surface area contributed by atoms with Gasteiger partial charge in [-0.2, -0.15) is 4.98 Å². The van der Waals surface area contributed by atoms with Crippen molar-refractivity contribution in [3.8, 4) is 17.3 Å². The summed E-state index contributed by atoms with van der Waals surface area (Å²) in [5, 5.41) is 14.1. The highest BCUT2D eigenvalue weighted by atomic mass is 16.5. The molecule has 3 aromatic heterocycles. The van der Waals surface area contributed by atoms with Crippen molar-refractivity contribution in [3.63, 3.8) is 0 Å². The van der Waals surface area contributed by atoms with Crippen LogP contribution in [0.1, 0.15) is 24.4 Å². The molecule has 0 spiro atoms. The normalized spacial score (nSPS) is 23.7. The predicted octanol–water partition coefficient (Wildman–Crippen LogP) is 2.52. The van der Waals surface area contributed by atoms with Crippen molar-refractivity contribution >= 4 is 10.9 Å². The van der Waals surface area contributed by atoms with Crippen LogP contribution < -0.4 is 0 Å². The molecule has 0 atom stereocenters. The molecule has 8 nitrogen and oxygen atoms in total. The van der Waals surface area contributed by atoms with Gasteiger partial charge in [-0.15, -0.1) is 5.10 Å². The summed E-state index contributed by atoms with van der Waals surface area (Å²) in [5.41, 5.74) is 3.39. The average Bonchev–Trinajstić information content (AvgIpc) is 3.51. The molecule has 0 radical (unpaired) electrons. The van der Waals surface area contributed by atoms with Gasteiger partial charge < -0.3 is 9.42 Å². The smallest absolute Gasteiger partial charge is 0.280 e. The van der Waals surface area contributed by atoms with Crippen LogP contribution in [0.3, 0.4) is 0 Å². The zero-order valence-corrected chi connectivity index (χ0v) is 15.5. The van der Waals surface area contributed by atoms with Gasteiger partial charge in [0.25, 0.3) is 5.89 Å². The SMILES string of the molecule is Cc1c(-c2nc(C34CCN(CC3)C4)no2)nnn1-c1cccc2ncccc12. The highest BCUT2D eigenvalue weighted by Gasteiger charge is 2.48. The fourth-order valence-electron chi connectivity index (χ4n) is 4.58. The van der Waals surface area contributed by atoms with Crippen LogP contribution in [-0.2, 0) is 5.41 Å². The largest absolute Gasteiger partial charge is 0.332 e. The van der Waals surface area contributed by atoms with Crippen LogP contribution in [0.25, 0.3) is 28.2 Å². The molecule has 2 bridgehead atoms. The second-order valence-electron chi connectivity index (χ2n) is 7.76. The maximum Gasteiger partial charge on any atom is 0.280 e. The summed E-state index contributed by atoms with van der Waals surface area (Å²) in [6, 6.07) is 9.94. The first-order chi connectivity index (χ1) is 13.7. The Labute approximate surface area is 161 Å². The molecule has 2 fully saturated rings. The molecule has 2 aliphatic heterocycles. The van der Waals surface area contributed by atoms with E-state index in [2.05, 4.69) is 25.4 Å².